The molecule has 0 radical (unpaired) electrons. The summed E-state index contributed by atoms with van der Waals surface area (Å²) < 4.78 is 6.26. The van der Waals surface area contributed by atoms with Gasteiger partial charge in [0.1, 0.15) is 5.73 Å². The highest BCUT2D eigenvalue weighted by Crippen LogP contribution is 2.51. The predicted molar refractivity (Wildman–Crippen MR) is 113 cm³/mol. The summed E-state index contributed by atoms with van der Waals surface area (Å²) in [4.78, 5) is 14.9. The Bertz CT molecular complexity index is 537. The monoisotopic (exact) mass is 379 g/mol. The molecule has 26 heavy (non-hydrogen) atoms. The maximum Gasteiger partial charge on any atom is 0.410 e. The van der Waals surface area contributed by atoms with Crippen molar-refractivity contribution in [2.24, 2.45) is 17.3 Å². The molecule has 2 aliphatic rings. The molecule has 0 heterocycles. The van der Waals surface area contributed by atoms with Crippen LogP contribution in [0.25, 0.3) is 0 Å². The van der Waals surface area contributed by atoms with Crippen LogP contribution in [0, 0.1) is 17.3 Å². The highest BCUT2D eigenvalue weighted by atomic mass is 28.3. The van der Waals surface area contributed by atoms with E-state index in [2.05, 4.69) is 67.3 Å². The van der Waals surface area contributed by atoms with Crippen LogP contribution < -0.4 is 0 Å². The lowest BCUT2D eigenvalue weighted by molar-refractivity contribution is 0.0596. The second-order valence-electron chi connectivity index (χ2n) is 10.8. The number of hydrogen-bond donors (Lipinski definition) is 0. The van der Waals surface area contributed by atoms with E-state index < -0.39 is 8.07 Å². The van der Waals surface area contributed by atoms with Crippen molar-refractivity contribution in [3.8, 4) is 0 Å². The maximum atomic E-state index is 13.0. The molecular formula is C22H41NO2Si. The average molecular weight is 380 g/mol. The van der Waals surface area contributed by atoms with Crippen LogP contribution in [-0.4, -0.2) is 36.9 Å². The van der Waals surface area contributed by atoms with E-state index in [9.17, 15) is 4.79 Å². The third kappa shape index (κ3) is 4.55. The summed E-state index contributed by atoms with van der Waals surface area (Å²) in [5, 5.41) is 0. The molecule has 2 bridgehead atoms. The summed E-state index contributed by atoms with van der Waals surface area (Å²) >= 11 is 0. The molecule has 0 N–H and O–H groups in total. The maximum absolute atomic E-state index is 13.0. The fraction of sp³-hybridized carbons (Fsp3) is 0.864. The van der Waals surface area contributed by atoms with Crippen LogP contribution in [0.5, 0.6) is 0 Å². The van der Waals surface area contributed by atoms with Crippen LogP contribution in [0.15, 0.2) is 11.6 Å². The molecule has 0 aromatic carbocycles. The summed E-state index contributed by atoms with van der Waals surface area (Å²) in [5.74, 6) is 1.39. The molecule has 0 aliphatic heterocycles. The van der Waals surface area contributed by atoms with Gasteiger partial charge in [-0.3, -0.25) is 0 Å². The van der Waals surface area contributed by atoms with Crippen molar-refractivity contribution < 1.29 is 9.53 Å². The first-order valence-electron chi connectivity index (χ1n) is 10.5. The van der Waals surface area contributed by atoms with Crippen LogP contribution in [0.2, 0.25) is 19.6 Å². The molecule has 0 spiro atoms. The first kappa shape index (κ1) is 21.5. The van der Waals surface area contributed by atoms with Gasteiger partial charge in [0.25, 0.3) is 0 Å². The zero-order valence-electron chi connectivity index (χ0n) is 18.6. The minimum absolute atomic E-state index is 0.00200. The second-order valence-corrected chi connectivity index (χ2v) is 16.1. The van der Waals surface area contributed by atoms with Crippen molar-refractivity contribution in [2.75, 3.05) is 0 Å². The summed E-state index contributed by atoms with van der Waals surface area (Å²) in [5.41, 5.74) is 1.90. The minimum atomic E-state index is -1.68. The van der Waals surface area contributed by atoms with E-state index in [1.807, 2.05) is 4.90 Å². The van der Waals surface area contributed by atoms with E-state index in [4.69, 9.17) is 4.74 Å². The molecule has 1 saturated carbocycles. The molecule has 0 saturated heterocycles. The Kier molecular flexibility index (Phi) is 6.37. The van der Waals surface area contributed by atoms with Crippen LogP contribution in [0.4, 0.5) is 4.79 Å². The van der Waals surface area contributed by atoms with Crippen molar-refractivity contribution in [1.82, 2.24) is 4.90 Å². The zero-order valence-corrected chi connectivity index (χ0v) is 19.6. The number of carbonyl (C=O) groups is 1. The van der Waals surface area contributed by atoms with Crippen LogP contribution in [-0.2, 0) is 4.74 Å². The van der Waals surface area contributed by atoms with Crippen molar-refractivity contribution in [3.63, 3.8) is 0 Å². The largest absolute Gasteiger partial charge is 0.446 e. The quantitative estimate of drug-likeness (QED) is 0.417. The van der Waals surface area contributed by atoms with Gasteiger partial charge in [-0.2, -0.15) is 0 Å². The van der Waals surface area contributed by atoms with E-state index >= 15 is 0 Å². The van der Waals surface area contributed by atoms with Gasteiger partial charge in [-0.25, -0.2) is 4.79 Å². The molecule has 2 rings (SSSR count). The third-order valence-corrected chi connectivity index (χ3v) is 8.58. The highest BCUT2D eigenvalue weighted by Gasteiger charge is 2.45. The summed E-state index contributed by atoms with van der Waals surface area (Å²) in [7, 11) is -1.68. The summed E-state index contributed by atoms with van der Waals surface area (Å²) in [6, 6.07) is 0.315. The van der Waals surface area contributed by atoms with E-state index in [0.29, 0.717) is 11.3 Å². The first-order valence-corrected chi connectivity index (χ1v) is 14.1. The third-order valence-electron chi connectivity index (χ3n) is 6.55. The first-order chi connectivity index (χ1) is 11.8. The van der Waals surface area contributed by atoms with Gasteiger partial charge >= 0.3 is 6.09 Å². The molecule has 0 aromatic rings. The number of ether oxygens (including phenoxy) is 1. The smallest absolute Gasteiger partial charge is 0.410 e. The average Bonchev–Trinajstić information content (AvgIpc) is 2.48. The zero-order chi connectivity index (χ0) is 19.9. The second kappa shape index (κ2) is 7.69. The van der Waals surface area contributed by atoms with Gasteiger partial charge in [0.15, 0.2) is 0 Å². The number of carbonyl (C=O) groups excluding carboxylic acids is 1. The van der Waals surface area contributed by atoms with Gasteiger partial charge in [-0.05, 0) is 76.2 Å². The lowest BCUT2D eigenvalue weighted by Crippen LogP contribution is -2.51. The fourth-order valence-corrected chi connectivity index (χ4v) is 6.75. The van der Waals surface area contributed by atoms with E-state index in [-0.39, 0.29) is 23.9 Å². The fourth-order valence-electron chi connectivity index (χ4n) is 4.94. The predicted octanol–water partition coefficient (Wildman–Crippen LogP) is 6.26. The van der Waals surface area contributed by atoms with Gasteiger partial charge in [0.2, 0.25) is 0 Å². The minimum Gasteiger partial charge on any atom is -0.446 e. The molecule has 3 nitrogen and oxygen atoms in total. The highest BCUT2D eigenvalue weighted by molar-refractivity contribution is 6.78. The standard InChI is InChI=1S/C22H41NO2Si/c1-15(2)23(16(3)4)21(24)25-20(26(7,8)9)19-11-10-18-14-17(19)12-13-22(18,5)6/h11,15-18,20H,10,12-14H2,1-9H3/t17-,18-,20+/m1/s1. The number of fused-ring (bicyclic) bond motifs is 2. The molecule has 0 unspecified atom stereocenters. The molecule has 3 atom stereocenters. The Labute approximate surface area is 162 Å². The van der Waals surface area contributed by atoms with Crippen molar-refractivity contribution in [2.45, 2.75) is 105 Å². The Hall–Kier alpha value is -0.773. The molecule has 1 amide bonds. The number of rotatable bonds is 5. The van der Waals surface area contributed by atoms with Crippen LogP contribution >= 0.6 is 0 Å². The van der Waals surface area contributed by atoms with E-state index in [1.165, 1.54) is 24.8 Å². The summed E-state index contributed by atoms with van der Waals surface area (Å²) in [6.45, 7) is 20.1. The normalized spacial score (nSPS) is 26.5. The van der Waals surface area contributed by atoms with Crippen molar-refractivity contribution >= 4 is 14.2 Å². The number of amides is 1. The molecule has 4 heteroatoms. The lowest BCUT2D eigenvalue weighted by Gasteiger charge is -2.48. The van der Waals surface area contributed by atoms with Gasteiger partial charge in [0, 0.05) is 12.1 Å². The molecule has 0 aromatic heterocycles. The summed E-state index contributed by atoms with van der Waals surface area (Å²) in [6.07, 6.45) is 7.26. The Balaban J connectivity index is 2.25. The Morgan fingerprint density at radius 2 is 1.77 bits per heavy atom. The van der Waals surface area contributed by atoms with Crippen LogP contribution in [0.1, 0.15) is 67.2 Å². The molecule has 1 fully saturated rings. The molecular weight excluding hydrogens is 338 g/mol. The van der Waals surface area contributed by atoms with Gasteiger partial charge in [-0.15, -0.1) is 0 Å². The Morgan fingerprint density at radius 3 is 2.27 bits per heavy atom. The number of hydrogen-bond acceptors (Lipinski definition) is 2. The number of nitrogens with zero attached hydrogens (tertiary/aromatic N) is 1. The molecule has 2 aliphatic carbocycles. The van der Waals surface area contributed by atoms with Crippen molar-refractivity contribution in [3.05, 3.63) is 11.6 Å². The van der Waals surface area contributed by atoms with Gasteiger partial charge in [0.05, 0.1) is 8.07 Å². The lowest BCUT2D eigenvalue weighted by atomic mass is 9.60. The van der Waals surface area contributed by atoms with Crippen molar-refractivity contribution in [1.29, 1.82) is 0 Å². The molecule has 150 valence electrons. The number of allylic oxidation sites excluding steroid dienone is 1. The van der Waals surface area contributed by atoms with Gasteiger partial charge < -0.3 is 9.64 Å². The topological polar surface area (TPSA) is 29.5 Å². The van der Waals surface area contributed by atoms with E-state index in [1.54, 1.807) is 0 Å². The van der Waals surface area contributed by atoms with Gasteiger partial charge in [-0.1, -0.05) is 39.6 Å². The SMILES string of the molecule is CC(C)N(C(=O)O[C@H](C1=CC[C@@H]2C[C@H]1CCC2(C)C)[Si](C)(C)C)C(C)C. The Morgan fingerprint density at radius 1 is 1.19 bits per heavy atom. The van der Waals surface area contributed by atoms with E-state index in [0.717, 1.165) is 12.3 Å². The van der Waals surface area contributed by atoms with Crippen LogP contribution in [0.3, 0.4) is 0 Å².